The molecule has 106 valence electrons. The molecule has 6 heteroatoms. The molecule has 0 aliphatic heterocycles. The lowest BCUT2D eigenvalue weighted by Crippen LogP contribution is -2.36. The van der Waals surface area contributed by atoms with Crippen LogP contribution in [-0.4, -0.2) is 27.0 Å². The number of imidazole rings is 1. The summed E-state index contributed by atoms with van der Waals surface area (Å²) in [5.74, 6) is -0.244. The number of fused-ring (bicyclic) bond motifs is 1. The number of benzene rings is 1. The van der Waals surface area contributed by atoms with Crippen molar-refractivity contribution in [2.24, 2.45) is 5.73 Å². The normalized spacial score (nSPS) is 12.2. The smallest absolute Gasteiger partial charge is 0.330 e. The molecule has 0 saturated carbocycles. The van der Waals surface area contributed by atoms with Gasteiger partial charge in [0.15, 0.2) is 0 Å². The molecule has 0 radical (unpaired) electrons. The highest BCUT2D eigenvalue weighted by atomic mass is 16.5. The molecule has 0 saturated heterocycles. The number of pyridine rings is 1. The minimum Gasteiger partial charge on any atom is -0.406 e. The molecule has 0 fully saturated rings. The van der Waals surface area contributed by atoms with Gasteiger partial charge in [-0.05, 0) is 17.5 Å². The van der Waals surface area contributed by atoms with Gasteiger partial charge in [0, 0.05) is 29.9 Å². The van der Waals surface area contributed by atoms with E-state index >= 15 is 0 Å². The Morgan fingerprint density at radius 1 is 1.33 bits per heavy atom. The van der Waals surface area contributed by atoms with Gasteiger partial charge in [-0.3, -0.25) is 0 Å². The van der Waals surface area contributed by atoms with Gasteiger partial charge in [-0.25, -0.2) is 14.8 Å². The summed E-state index contributed by atoms with van der Waals surface area (Å²) in [4.78, 5) is 23.0. The van der Waals surface area contributed by atoms with Gasteiger partial charge in [0.1, 0.15) is 6.04 Å². The molecule has 2 heterocycles. The Kier molecular flexibility index (Phi) is 3.61. The Bertz CT molecular complexity index is 750. The fourth-order valence-electron chi connectivity index (χ4n) is 2.06. The molecule has 0 aliphatic carbocycles. The quantitative estimate of drug-likeness (QED) is 0.706. The van der Waals surface area contributed by atoms with Crippen molar-refractivity contribution in [3.63, 3.8) is 0 Å². The Labute approximate surface area is 121 Å². The zero-order valence-electron chi connectivity index (χ0n) is 11.2. The Hall–Kier alpha value is -2.73. The van der Waals surface area contributed by atoms with Crippen molar-refractivity contribution in [1.29, 1.82) is 0 Å². The molecule has 0 bridgehead atoms. The summed E-state index contributed by atoms with van der Waals surface area (Å²) >= 11 is 0. The van der Waals surface area contributed by atoms with Crippen LogP contribution in [0.3, 0.4) is 0 Å². The van der Waals surface area contributed by atoms with E-state index in [1.54, 1.807) is 18.7 Å². The van der Waals surface area contributed by atoms with Gasteiger partial charge in [0.2, 0.25) is 5.88 Å². The largest absolute Gasteiger partial charge is 0.406 e. The van der Waals surface area contributed by atoms with Crippen molar-refractivity contribution in [2.75, 3.05) is 0 Å². The van der Waals surface area contributed by atoms with E-state index in [4.69, 9.17) is 10.5 Å². The third-order valence-electron chi connectivity index (χ3n) is 3.13. The number of carbonyl (C=O) groups excluding carboxylic acids is 1. The molecule has 21 heavy (non-hydrogen) atoms. The van der Waals surface area contributed by atoms with Crippen LogP contribution in [0.15, 0.2) is 49.1 Å². The second-order valence-electron chi connectivity index (χ2n) is 4.65. The summed E-state index contributed by atoms with van der Waals surface area (Å²) in [6, 6.07) is 8.65. The molecule has 0 aliphatic rings. The van der Waals surface area contributed by atoms with Gasteiger partial charge in [0.25, 0.3) is 0 Å². The molecule has 0 spiro atoms. The molecule has 3 aromatic rings. The van der Waals surface area contributed by atoms with E-state index in [-0.39, 0.29) is 5.88 Å². The Morgan fingerprint density at radius 3 is 3.00 bits per heavy atom. The minimum atomic E-state index is -0.772. The predicted octanol–water partition coefficient (Wildman–Crippen LogP) is 1.43. The molecule has 0 unspecified atom stereocenters. The van der Waals surface area contributed by atoms with Crippen LogP contribution < -0.4 is 10.5 Å². The molecule has 1 atom stereocenters. The second-order valence-corrected chi connectivity index (χ2v) is 4.65. The van der Waals surface area contributed by atoms with Crippen LogP contribution in [0.5, 0.6) is 5.88 Å². The number of nitrogens with one attached hydrogen (secondary N) is 1. The lowest BCUT2D eigenvalue weighted by molar-refractivity contribution is -0.136. The molecule has 2 aromatic heterocycles. The maximum Gasteiger partial charge on any atom is 0.330 e. The van der Waals surface area contributed by atoms with Crippen LogP contribution in [0.25, 0.3) is 10.8 Å². The number of carbonyl (C=O) groups is 1. The summed E-state index contributed by atoms with van der Waals surface area (Å²) < 4.78 is 5.33. The number of aromatic amines is 1. The average Bonchev–Trinajstić information content (AvgIpc) is 3.00. The van der Waals surface area contributed by atoms with Crippen molar-refractivity contribution in [2.45, 2.75) is 12.5 Å². The number of H-pyrrole nitrogens is 1. The van der Waals surface area contributed by atoms with Crippen molar-refractivity contribution >= 4 is 16.7 Å². The third-order valence-corrected chi connectivity index (χ3v) is 3.13. The van der Waals surface area contributed by atoms with Crippen LogP contribution >= 0.6 is 0 Å². The van der Waals surface area contributed by atoms with Gasteiger partial charge in [-0.1, -0.05) is 18.2 Å². The second kappa shape index (κ2) is 5.72. The predicted molar refractivity (Wildman–Crippen MR) is 77.6 cm³/mol. The molecule has 1 aromatic carbocycles. The summed E-state index contributed by atoms with van der Waals surface area (Å²) in [5.41, 5.74) is 6.63. The fourth-order valence-corrected chi connectivity index (χ4v) is 2.06. The first-order valence-electron chi connectivity index (χ1n) is 6.52. The SMILES string of the molecule is N[C@@H](Cc1cnc[nH]1)C(=O)Oc1nccc2ccccc12. The number of hydrogen-bond acceptors (Lipinski definition) is 5. The van der Waals surface area contributed by atoms with Gasteiger partial charge in [0.05, 0.1) is 6.33 Å². The highest BCUT2D eigenvalue weighted by molar-refractivity contribution is 5.89. The van der Waals surface area contributed by atoms with Gasteiger partial charge in [-0.15, -0.1) is 0 Å². The lowest BCUT2D eigenvalue weighted by atomic mass is 10.1. The van der Waals surface area contributed by atoms with Crippen molar-refractivity contribution in [1.82, 2.24) is 15.0 Å². The molecular weight excluding hydrogens is 268 g/mol. The van der Waals surface area contributed by atoms with Crippen molar-refractivity contribution in [3.8, 4) is 5.88 Å². The van der Waals surface area contributed by atoms with Crippen LogP contribution in [0.4, 0.5) is 0 Å². The van der Waals surface area contributed by atoms with Crippen LogP contribution in [0.1, 0.15) is 5.69 Å². The summed E-state index contributed by atoms with van der Waals surface area (Å²) in [6.07, 6.45) is 5.11. The first-order chi connectivity index (χ1) is 10.2. The zero-order chi connectivity index (χ0) is 14.7. The molecule has 6 nitrogen and oxygen atoms in total. The van der Waals surface area contributed by atoms with Gasteiger partial charge < -0.3 is 15.5 Å². The summed E-state index contributed by atoms with van der Waals surface area (Å²) in [5, 5.41) is 1.74. The standard InChI is InChI=1S/C15H14N4O2/c16-13(7-11-8-17-9-19-11)15(20)21-14-12-4-2-1-3-10(12)5-6-18-14/h1-6,8-9,13H,7,16H2,(H,17,19)/t13-/m0/s1. The zero-order valence-corrected chi connectivity index (χ0v) is 11.2. The van der Waals surface area contributed by atoms with E-state index in [0.717, 1.165) is 16.5 Å². The first-order valence-corrected chi connectivity index (χ1v) is 6.52. The Morgan fingerprint density at radius 2 is 2.19 bits per heavy atom. The highest BCUT2D eigenvalue weighted by Crippen LogP contribution is 2.22. The van der Waals surface area contributed by atoms with E-state index in [9.17, 15) is 4.79 Å². The molecule has 3 N–H and O–H groups in total. The highest BCUT2D eigenvalue weighted by Gasteiger charge is 2.18. The number of hydrogen-bond donors (Lipinski definition) is 2. The minimum absolute atomic E-state index is 0.276. The van der Waals surface area contributed by atoms with E-state index in [1.165, 1.54) is 0 Å². The van der Waals surface area contributed by atoms with Crippen molar-refractivity contribution < 1.29 is 9.53 Å². The van der Waals surface area contributed by atoms with Gasteiger partial charge >= 0.3 is 5.97 Å². The summed E-state index contributed by atoms with van der Waals surface area (Å²) in [7, 11) is 0. The maximum absolute atomic E-state index is 12.1. The molecular formula is C15H14N4O2. The maximum atomic E-state index is 12.1. The first kappa shape index (κ1) is 13.3. The van der Waals surface area contributed by atoms with E-state index in [0.29, 0.717) is 6.42 Å². The van der Waals surface area contributed by atoms with E-state index in [1.807, 2.05) is 30.3 Å². The van der Waals surface area contributed by atoms with Crippen molar-refractivity contribution in [3.05, 3.63) is 54.7 Å². The lowest BCUT2D eigenvalue weighted by Gasteiger charge is -2.11. The monoisotopic (exact) mass is 282 g/mol. The number of nitrogens with two attached hydrogens (primary N) is 1. The Balaban J connectivity index is 1.77. The number of nitrogens with zero attached hydrogens (tertiary/aromatic N) is 2. The molecule has 3 rings (SSSR count). The van der Waals surface area contributed by atoms with Crippen LogP contribution in [0, 0.1) is 0 Å². The van der Waals surface area contributed by atoms with Crippen LogP contribution in [0.2, 0.25) is 0 Å². The fraction of sp³-hybridized carbons (Fsp3) is 0.133. The third kappa shape index (κ3) is 2.90. The van der Waals surface area contributed by atoms with E-state index in [2.05, 4.69) is 15.0 Å². The topological polar surface area (TPSA) is 93.9 Å². The average molecular weight is 282 g/mol. The summed E-state index contributed by atoms with van der Waals surface area (Å²) in [6.45, 7) is 0. The number of aromatic nitrogens is 3. The molecule has 0 amide bonds. The van der Waals surface area contributed by atoms with Gasteiger partial charge in [-0.2, -0.15) is 0 Å². The van der Waals surface area contributed by atoms with Crippen LogP contribution in [-0.2, 0) is 11.2 Å². The number of ether oxygens (including phenoxy) is 1. The number of esters is 1. The number of rotatable bonds is 4. The van der Waals surface area contributed by atoms with E-state index < -0.39 is 12.0 Å².